The summed E-state index contributed by atoms with van der Waals surface area (Å²) in [6.07, 6.45) is -3.49. The molecule has 0 aliphatic carbocycles. The minimum atomic E-state index is -4.64. The highest BCUT2D eigenvalue weighted by Gasteiger charge is 2.41. The summed E-state index contributed by atoms with van der Waals surface area (Å²) in [5.74, 6) is 0.311. The van der Waals surface area contributed by atoms with Gasteiger partial charge in [-0.15, -0.1) is 0 Å². The summed E-state index contributed by atoms with van der Waals surface area (Å²) in [5, 5.41) is 12.4. The number of nitrogens with zero attached hydrogens (tertiary/aromatic N) is 4. The number of alkyl halides is 3. The minimum absolute atomic E-state index is 0.0228. The van der Waals surface area contributed by atoms with Crippen molar-refractivity contribution in [3.63, 3.8) is 0 Å². The van der Waals surface area contributed by atoms with E-state index in [4.69, 9.17) is 0 Å². The maximum absolute atomic E-state index is 13.5. The number of rotatable bonds is 3. The number of anilines is 1. The molecule has 132 valence electrons. The number of halogens is 3. The molecule has 0 spiro atoms. The smallest absolute Gasteiger partial charge is 0.335 e. The molecule has 0 saturated carbocycles. The Morgan fingerprint density at radius 3 is 2.58 bits per heavy atom. The first kappa shape index (κ1) is 18.5. The lowest BCUT2D eigenvalue weighted by atomic mass is 9.86. The highest BCUT2D eigenvalue weighted by molar-refractivity contribution is 5.41. The van der Waals surface area contributed by atoms with Gasteiger partial charge >= 0.3 is 6.18 Å². The predicted molar refractivity (Wildman–Crippen MR) is 84.5 cm³/mol. The second kappa shape index (κ2) is 6.55. The van der Waals surface area contributed by atoms with Gasteiger partial charge in [0.1, 0.15) is 0 Å². The SMILES string of the molecule is CC(C)C1CNCCN1c1ncc(C(C)(C)C#N)c(C(F)(F)F)n1. The van der Waals surface area contributed by atoms with Crippen molar-refractivity contribution in [2.75, 3.05) is 24.5 Å². The molecule has 2 rings (SSSR count). The second-order valence-electron chi connectivity index (χ2n) is 6.88. The molecule has 1 unspecified atom stereocenters. The van der Waals surface area contributed by atoms with Crippen LogP contribution in [0.2, 0.25) is 0 Å². The van der Waals surface area contributed by atoms with Gasteiger partial charge in [0.25, 0.3) is 0 Å². The zero-order chi connectivity index (χ0) is 18.1. The first-order valence-corrected chi connectivity index (χ1v) is 7.91. The third kappa shape index (κ3) is 3.61. The monoisotopic (exact) mass is 341 g/mol. The van der Waals surface area contributed by atoms with Gasteiger partial charge in [-0.3, -0.25) is 0 Å². The van der Waals surface area contributed by atoms with E-state index in [1.54, 1.807) is 0 Å². The maximum Gasteiger partial charge on any atom is 0.433 e. The standard InChI is InChI=1S/C16H22F3N5/c1-10(2)12-8-21-5-6-24(12)14-22-7-11(15(3,4)9-20)13(23-14)16(17,18)19/h7,10,12,21H,5-6,8H2,1-4H3. The van der Waals surface area contributed by atoms with Crippen LogP contribution in [0.3, 0.4) is 0 Å². The van der Waals surface area contributed by atoms with Gasteiger partial charge in [-0.25, -0.2) is 9.97 Å². The van der Waals surface area contributed by atoms with Crippen molar-refractivity contribution in [3.8, 4) is 6.07 Å². The molecule has 1 fully saturated rings. The summed E-state index contributed by atoms with van der Waals surface area (Å²) in [4.78, 5) is 9.80. The van der Waals surface area contributed by atoms with Crippen molar-refractivity contribution < 1.29 is 13.2 Å². The van der Waals surface area contributed by atoms with Crippen LogP contribution in [0.1, 0.15) is 39.0 Å². The summed E-state index contributed by atoms with van der Waals surface area (Å²) in [7, 11) is 0. The van der Waals surface area contributed by atoms with Crippen molar-refractivity contribution in [1.82, 2.24) is 15.3 Å². The Bertz CT molecular complexity index is 634. The fraction of sp³-hybridized carbons (Fsp3) is 0.688. The van der Waals surface area contributed by atoms with Crippen LogP contribution in [0.25, 0.3) is 0 Å². The van der Waals surface area contributed by atoms with E-state index >= 15 is 0 Å². The normalized spacial score (nSPS) is 19.5. The molecule has 1 N–H and O–H groups in total. The first-order chi connectivity index (χ1) is 11.1. The molecule has 1 aliphatic rings. The number of hydrogen-bond donors (Lipinski definition) is 1. The minimum Gasteiger partial charge on any atom is -0.335 e. The second-order valence-corrected chi connectivity index (χ2v) is 6.88. The van der Waals surface area contributed by atoms with Gasteiger partial charge in [0.05, 0.1) is 11.5 Å². The highest BCUT2D eigenvalue weighted by Crippen LogP contribution is 2.37. The largest absolute Gasteiger partial charge is 0.433 e. The lowest BCUT2D eigenvalue weighted by molar-refractivity contribution is -0.142. The highest BCUT2D eigenvalue weighted by atomic mass is 19.4. The number of piperazine rings is 1. The van der Waals surface area contributed by atoms with Crippen LogP contribution >= 0.6 is 0 Å². The molecule has 1 aromatic rings. The fourth-order valence-electron chi connectivity index (χ4n) is 2.81. The van der Waals surface area contributed by atoms with E-state index in [0.29, 0.717) is 19.6 Å². The van der Waals surface area contributed by atoms with Crippen LogP contribution in [-0.2, 0) is 11.6 Å². The zero-order valence-corrected chi connectivity index (χ0v) is 14.3. The summed E-state index contributed by atoms with van der Waals surface area (Å²) in [6.45, 7) is 8.78. The topological polar surface area (TPSA) is 64.8 Å². The van der Waals surface area contributed by atoms with E-state index in [1.807, 2.05) is 24.8 Å². The number of aromatic nitrogens is 2. The van der Waals surface area contributed by atoms with E-state index in [2.05, 4.69) is 15.3 Å². The molecular weight excluding hydrogens is 319 g/mol. The van der Waals surface area contributed by atoms with Crippen molar-refractivity contribution in [1.29, 1.82) is 5.26 Å². The molecular formula is C16H22F3N5. The number of nitrogens with one attached hydrogen (secondary N) is 1. The average Bonchev–Trinajstić information content (AvgIpc) is 2.53. The summed E-state index contributed by atoms with van der Waals surface area (Å²) in [5.41, 5.74) is -2.54. The molecule has 0 radical (unpaired) electrons. The molecule has 2 heterocycles. The Hall–Kier alpha value is -1.88. The van der Waals surface area contributed by atoms with Gasteiger partial charge in [-0.1, -0.05) is 13.8 Å². The Balaban J connectivity index is 2.52. The van der Waals surface area contributed by atoms with Crippen LogP contribution < -0.4 is 10.2 Å². The molecule has 8 heteroatoms. The Morgan fingerprint density at radius 2 is 2.04 bits per heavy atom. The molecule has 1 aromatic heterocycles. The molecule has 1 aliphatic heterocycles. The van der Waals surface area contributed by atoms with Gasteiger partial charge < -0.3 is 10.2 Å². The van der Waals surface area contributed by atoms with Crippen LogP contribution in [-0.4, -0.2) is 35.6 Å². The molecule has 1 saturated heterocycles. The van der Waals surface area contributed by atoms with Gasteiger partial charge in [-0.2, -0.15) is 18.4 Å². The third-order valence-corrected chi connectivity index (χ3v) is 4.31. The number of nitriles is 1. The van der Waals surface area contributed by atoms with Crippen molar-refractivity contribution >= 4 is 5.95 Å². The van der Waals surface area contributed by atoms with Crippen LogP contribution in [0, 0.1) is 17.2 Å². The quantitative estimate of drug-likeness (QED) is 0.916. The lowest BCUT2D eigenvalue weighted by Crippen LogP contribution is -2.54. The van der Waals surface area contributed by atoms with Gasteiger partial charge in [0, 0.05) is 37.4 Å². The van der Waals surface area contributed by atoms with Crippen molar-refractivity contribution in [2.45, 2.75) is 45.3 Å². The van der Waals surface area contributed by atoms with Crippen LogP contribution in [0.4, 0.5) is 19.1 Å². The van der Waals surface area contributed by atoms with Crippen molar-refractivity contribution in [3.05, 3.63) is 17.5 Å². The summed E-state index contributed by atoms with van der Waals surface area (Å²) in [6, 6.07) is 1.92. The predicted octanol–water partition coefficient (Wildman–Crippen LogP) is 2.73. The van der Waals surface area contributed by atoms with E-state index in [-0.39, 0.29) is 23.5 Å². The molecule has 24 heavy (non-hydrogen) atoms. The van der Waals surface area contributed by atoms with Gasteiger partial charge in [0.2, 0.25) is 5.95 Å². The van der Waals surface area contributed by atoms with Gasteiger partial charge in [0.15, 0.2) is 5.69 Å². The molecule has 0 bridgehead atoms. The van der Waals surface area contributed by atoms with E-state index in [1.165, 1.54) is 13.8 Å². The van der Waals surface area contributed by atoms with Crippen LogP contribution in [0.5, 0.6) is 0 Å². The van der Waals surface area contributed by atoms with E-state index in [0.717, 1.165) is 6.20 Å². The molecule has 0 aromatic carbocycles. The average molecular weight is 341 g/mol. The maximum atomic E-state index is 13.5. The zero-order valence-electron chi connectivity index (χ0n) is 14.3. The lowest BCUT2D eigenvalue weighted by Gasteiger charge is -2.39. The van der Waals surface area contributed by atoms with E-state index in [9.17, 15) is 18.4 Å². The molecule has 1 atom stereocenters. The first-order valence-electron chi connectivity index (χ1n) is 7.91. The Morgan fingerprint density at radius 1 is 1.38 bits per heavy atom. The number of hydrogen-bond acceptors (Lipinski definition) is 5. The molecule has 0 amide bonds. The Labute approximate surface area is 139 Å². The fourth-order valence-corrected chi connectivity index (χ4v) is 2.81. The van der Waals surface area contributed by atoms with Gasteiger partial charge in [-0.05, 0) is 19.8 Å². The van der Waals surface area contributed by atoms with Crippen LogP contribution in [0.15, 0.2) is 6.20 Å². The Kier molecular flexibility index (Phi) is 5.04. The van der Waals surface area contributed by atoms with E-state index < -0.39 is 17.3 Å². The summed E-state index contributed by atoms with van der Waals surface area (Å²) >= 11 is 0. The molecule has 5 nitrogen and oxygen atoms in total. The van der Waals surface area contributed by atoms with Crippen molar-refractivity contribution in [2.24, 2.45) is 5.92 Å². The third-order valence-electron chi connectivity index (χ3n) is 4.31. The summed E-state index contributed by atoms with van der Waals surface area (Å²) < 4.78 is 40.5.